The maximum Gasteiger partial charge on any atom is 0.243 e. The Kier molecular flexibility index (Phi) is 2.91. The van der Waals surface area contributed by atoms with Gasteiger partial charge in [0.15, 0.2) is 0 Å². The molecule has 0 unspecified atom stereocenters. The van der Waals surface area contributed by atoms with Crippen molar-refractivity contribution >= 4 is 27.5 Å². The van der Waals surface area contributed by atoms with E-state index in [9.17, 15) is 4.79 Å². The van der Waals surface area contributed by atoms with Gasteiger partial charge in [0.05, 0.1) is 10.2 Å². The number of para-hydroxylation sites is 1. The molecule has 94 valence electrons. The van der Waals surface area contributed by atoms with Crippen molar-refractivity contribution in [2.24, 2.45) is 18.1 Å². The first-order valence-electron chi connectivity index (χ1n) is 6.14. The molecule has 1 aromatic carbocycles. The molecule has 1 N–H and O–H groups in total. The fourth-order valence-electron chi connectivity index (χ4n) is 2.05. The van der Waals surface area contributed by atoms with Crippen LogP contribution in [0.1, 0.15) is 19.3 Å². The fourth-order valence-corrected chi connectivity index (χ4v) is 3.03. The van der Waals surface area contributed by atoms with Crippen molar-refractivity contribution in [3.05, 3.63) is 29.1 Å². The van der Waals surface area contributed by atoms with Crippen LogP contribution in [0.25, 0.3) is 10.2 Å². The number of fused-ring (bicyclic) bond motifs is 1. The van der Waals surface area contributed by atoms with Crippen molar-refractivity contribution in [1.29, 1.82) is 0 Å². The first-order chi connectivity index (χ1) is 8.75. The van der Waals surface area contributed by atoms with Crippen molar-refractivity contribution in [3.8, 4) is 0 Å². The number of carbonyl (C=O) groups excluding carboxylic acids is 1. The van der Waals surface area contributed by atoms with Crippen molar-refractivity contribution in [2.75, 3.05) is 0 Å². The summed E-state index contributed by atoms with van der Waals surface area (Å²) in [6, 6.07) is 8.13. The van der Waals surface area contributed by atoms with E-state index in [-0.39, 0.29) is 11.8 Å². The number of benzene rings is 1. The second-order valence-electron chi connectivity index (χ2n) is 4.63. The Morgan fingerprint density at radius 2 is 2.22 bits per heavy atom. The summed E-state index contributed by atoms with van der Waals surface area (Å²) in [5.74, 6) is 0.229. The van der Waals surface area contributed by atoms with Crippen LogP contribution in [-0.4, -0.2) is 10.5 Å². The van der Waals surface area contributed by atoms with Gasteiger partial charge in [-0.15, -0.1) is 5.10 Å². The lowest BCUT2D eigenvalue weighted by Crippen LogP contribution is -2.33. The second kappa shape index (κ2) is 4.57. The van der Waals surface area contributed by atoms with Crippen LogP contribution >= 0.6 is 11.3 Å². The molecule has 4 nitrogen and oxygen atoms in total. The number of amides is 1. The molecule has 1 heterocycles. The summed E-state index contributed by atoms with van der Waals surface area (Å²) in [5, 5.41) is 4.23. The molecule has 0 atom stereocenters. The quantitative estimate of drug-likeness (QED) is 0.825. The molecular formula is C13H15N3OS. The van der Waals surface area contributed by atoms with E-state index < -0.39 is 0 Å². The molecule has 0 saturated heterocycles. The Balaban J connectivity index is 1.89. The highest BCUT2D eigenvalue weighted by Crippen LogP contribution is 2.26. The second-order valence-corrected chi connectivity index (χ2v) is 5.64. The van der Waals surface area contributed by atoms with E-state index in [4.69, 9.17) is 0 Å². The number of aromatic nitrogens is 1. The lowest BCUT2D eigenvalue weighted by Gasteiger charge is -2.22. The predicted molar refractivity (Wildman–Crippen MR) is 71.8 cm³/mol. The van der Waals surface area contributed by atoms with Crippen molar-refractivity contribution in [1.82, 2.24) is 9.99 Å². The SMILES string of the molecule is Cn1/c(=N/NC(=O)C2CCC2)sc2ccccc21. The molecule has 1 saturated carbocycles. The molecule has 0 spiro atoms. The summed E-state index contributed by atoms with van der Waals surface area (Å²) in [6.45, 7) is 0. The van der Waals surface area contributed by atoms with E-state index in [2.05, 4.69) is 22.7 Å². The number of rotatable bonds is 2. The van der Waals surface area contributed by atoms with Gasteiger partial charge in [0.2, 0.25) is 10.7 Å². The zero-order chi connectivity index (χ0) is 12.5. The van der Waals surface area contributed by atoms with Gasteiger partial charge in [-0.3, -0.25) is 4.79 Å². The Bertz CT molecular complexity index is 652. The molecule has 5 heteroatoms. The van der Waals surface area contributed by atoms with Crippen LogP contribution in [0.4, 0.5) is 0 Å². The zero-order valence-corrected chi connectivity index (χ0v) is 11.0. The summed E-state index contributed by atoms with van der Waals surface area (Å²) in [5.41, 5.74) is 3.82. The fraction of sp³-hybridized carbons (Fsp3) is 0.385. The Hall–Kier alpha value is -1.62. The normalized spacial score (nSPS) is 16.8. The van der Waals surface area contributed by atoms with E-state index in [1.807, 2.05) is 23.7 Å². The van der Waals surface area contributed by atoms with Crippen molar-refractivity contribution < 1.29 is 4.79 Å². The van der Waals surface area contributed by atoms with Gasteiger partial charge in [0.1, 0.15) is 0 Å². The molecule has 0 radical (unpaired) electrons. The molecule has 1 aliphatic carbocycles. The van der Waals surface area contributed by atoms with Crippen LogP contribution in [0.5, 0.6) is 0 Å². The van der Waals surface area contributed by atoms with E-state index in [1.54, 1.807) is 11.3 Å². The van der Waals surface area contributed by atoms with Crippen LogP contribution in [0, 0.1) is 5.92 Å². The van der Waals surface area contributed by atoms with Gasteiger partial charge in [0.25, 0.3) is 0 Å². The van der Waals surface area contributed by atoms with Gasteiger partial charge in [-0.2, -0.15) is 0 Å². The van der Waals surface area contributed by atoms with E-state index in [0.29, 0.717) is 0 Å². The zero-order valence-electron chi connectivity index (χ0n) is 10.2. The van der Waals surface area contributed by atoms with Gasteiger partial charge >= 0.3 is 0 Å². The molecule has 1 aromatic heterocycles. The molecule has 0 bridgehead atoms. The first kappa shape index (κ1) is 11.5. The third-order valence-electron chi connectivity index (χ3n) is 3.45. The van der Waals surface area contributed by atoms with Crippen LogP contribution in [0.2, 0.25) is 0 Å². The average Bonchev–Trinajstić information content (AvgIpc) is 2.62. The predicted octanol–water partition coefficient (Wildman–Crippen LogP) is 1.97. The molecule has 3 rings (SSSR count). The van der Waals surface area contributed by atoms with Gasteiger partial charge in [-0.1, -0.05) is 29.9 Å². The third kappa shape index (κ3) is 1.95. The average molecular weight is 261 g/mol. The number of aryl methyl sites for hydroxylation is 1. The lowest BCUT2D eigenvalue weighted by molar-refractivity contribution is -0.127. The molecule has 1 fully saturated rings. The number of thiazole rings is 1. The molecule has 18 heavy (non-hydrogen) atoms. The van der Waals surface area contributed by atoms with E-state index in [1.165, 1.54) is 4.70 Å². The largest absolute Gasteiger partial charge is 0.318 e. The summed E-state index contributed by atoms with van der Waals surface area (Å²) in [6.07, 6.45) is 3.16. The Labute approximate surface area is 109 Å². The van der Waals surface area contributed by atoms with Crippen LogP contribution in [-0.2, 0) is 11.8 Å². The van der Waals surface area contributed by atoms with Crippen LogP contribution < -0.4 is 10.2 Å². The minimum Gasteiger partial charge on any atom is -0.318 e. The number of nitrogens with one attached hydrogen (secondary N) is 1. The summed E-state index contributed by atoms with van der Waals surface area (Å²) < 4.78 is 3.18. The smallest absolute Gasteiger partial charge is 0.243 e. The van der Waals surface area contributed by atoms with E-state index >= 15 is 0 Å². The summed E-state index contributed by atoms with van der Waals surface area (Å²) in [7, 11) is 1.97. The monoisotopic (exact) mass is 261 g/mol. The minimum absolute atomic E-state index is 0.0544. The van der Waals surface area contributed by atoms with E-state index in [0.717, 1.165) is 29.6 Å². The van der Waals surface area contributed by atoms with Gasteiger partial charge in [-0.05, 0) is 25.0 Å². The lowest BCUT2D eigenvalue weighted by atomic mass is 9.85. The highest BCUT2D eigenvalue weighted by atomic mass is 32.1. The third-order valence-corrected chi connectivity index (χ3v) is 4.57. The van der Waals surface area contributed by atoms with Crippen LogP contribution in [0.3, 0.4) is 0 Å². The molecule has 1 amide bonds. The first-order valence-corrected chi connectivity index (χ1v) is 6.95. The number of carbonyl (C=O) groups is 1. The highest BCUT2D eigenvalue weighted by molar-refractivity contribution is 7.16. The molecular weight excluding hydrogens is 246 g/mol. The standard InChI is InChI=1S/C13H15N3OS/c1-16-10-7-2-3-8-11(10)18-13(16)15-14-12(17)9-5-4-6-9/h2-3,7-9H,4-6H2,1H3,(H,14,17)/b15-13-. The van der Waals surface area contributed by atoms with Crippen molar-refractivity contribution in [3.63, 3.8) is 0 Å². The maximum absolute atomic E-state index is 11.7. The summed E-state index contributed by atoms with van der Waals surface area (Å²) >= 11 is 1.58. The Morgan fingerprint density at radius 1 is 1.44 bits per heavy atom. The molecule has 2 aromatic rings. The highest BCUT2D eigenvalue weighted by Gasteiger charge is 2.24. The van der Waals surface area contributed by atoms with Crippen molar-refractivity contribution in [2.45, 2.75) is 19.3 Å². The maximum atomic E-state index is 11.7. The molecule has 0 aliphatic heterocycles. The van der Waals surface area contributed by atoms with Gasteiger partial charge in [-0.25, -0.2) is 5.43 Å². The summed E-state index contributed by atoms with van der Waals surface area (Å²) in [4.78, 5) is 12.5. The van der Waals surface area contributed by atoms with Gasteiger partial charge < -0.3 is 4.57 Å². The minimum atomic E-state index is 0.0544. The van der Waals surface area contributed by atoms with Crippen LogP contribution in [0.15, 0.2) is 29.4 Å². The number of hydrogen-bond acceptors (Lipinski definition) is 3. The number of nitrogens with zero attached hydrogens (tertiary/aromatic N) is 2. The Morgan fingerprint density at radius 3 is 2.89 bits per heavy atom. The topological polar surface area (TPSA) is 46.4 Å². The number of hydrogen-bond donors (Lipinski definition) is 1. The molecule has 1 aliphatic rings. The van der Waals surface area contributed by atoms with Gasteiger partial charge in [0, 0.05) is 13.0 Å².